The maximum Gasteiger partial charge on any atom is 0.255 e. The molecular formula is C31H34N2O5. The number of para-hydroxylation sites is 1. The molecule has 7 nitrogen and oxygen atoms in total. The Morgan fingerprint density at radius 2 is 1.79 bits per heavy atom. The number of carbonyl (C=O) groups excluding carboxylic acids is 2. The summed E-state index contributed by atoms with van der Waals surface area (Å²) in [4.78, 5) is 27.6. The van der Waals surface area contributed by atoms with Gasteiger partial charge in [-0.15, -0.1) is 12.3 Å². The summed E-state index contributed by atoms with van der Waals surface area (Å²) >= 11 is 0. The summed E-state index contributed by atoms with van der Waals surface area (Å²) in [7, 11) is 1.56. The van der Waals surface area contributed by atoms with Gasteiger partial charge < -0.3 is 24.8 Å². The molecule has 0 aliphatic carbocycles. The Morgan fingerprint density at radius 1 is 1.05 bits per heavy atom. The molecule has 2 amide bonds. The van der Waals surface area contributed by atoms with Gasteiger partial charge in [-0.1, -0.05) is 49.4 Å². The monoisotopic (exact) mass is 514 g/mol. The summed E-state index contributed by atoms with van der Waals surface area (Å²) in [6.07, 6.45) is 5.56. The van der Waals surface area contributed by atoms with Gasteiger partial charge in [-0.3, -0.25) is 9.59 Å². The van der Waals surface area contributed by atoms with E-state index < -0.39 is 6.10 Å². The van der Waals surface area contributed by atoms with Gasteiger partial charge in [0.25, 0.3) is 11.8 Å². The molecule has 0 spiro atoms. The predicted molar refractivity (Wildman–Crippen MR) is 147 cm³/mol. The fourth-order valence-electron chi connectivity index (χ4n) is 4.03. The van der Waals surface area contributed by atoms with Gasteiger partial charge in [0.1, 0.15) is 24.2 Å². The van der Waals surface area contributed by atoms with Crippen LogP contribution in [0.1, 0.15) is 45.2 Å². The first-order valence-electron chi connectivity index (χ1n) is 12.6. The van der Waals surface area contributed by atoms with Crippen LogP contribution in [-0.2, 0) is 13.0 Å². The van der Waals surface area contributed by atoms with Crippen LogP contribution in [0.15, 0.2) is 72.8 Å². The number of amides is 2. The summed E-state index contributed by atoms with van der Waals surface area (Å²) in [5.74, 6) is 3.08. The van der Waals surface area contributed by atoms with Crippen LogP contribution in [0.25, 0.3) is 0 Å². The molecule has 7 heteroatoms. The third kappa shape index (κ3) is 7.86. The zero-order chi connectivity index (χ0) is 27.3. The van der Waals surface area contributed by atoms with Crippen LogP contribution in [-0.4, -0.2) is 54.7 Å². The number of methoxy groups -OCH3 is 1. The molecule has 0 saturated carbocycles. The van der Waals surface area contributed by atoms with Gasteiger partial charge in [-0.05, 0) is 42.3 Å². The van der Waals surface area contributed by atoms with E-state index in [0.29, 0.717) is 42.1 Å². The molecule has 0 radical (unpaired) electrons. The smallest absolute Gasteiger partial charge is 0.255 e. The van der Waals surface area contributed by atoms with Crippen LogP contribution >= 0.6 is 0 Å². The van der Waals surface area contributed by atoms with E-state index in [1.807, 2.05) is 37.3 Å². The number of rotatable bonds is 13. The molecule has 3 aromatic rings. The van der Waals surface area contributed by atoms with Crippen LogP contribution in [0.2, 0.25) is 0 Å². The predicted octanol–water partition coefficient (Wildman–Crippen LogP) is 4.09. The Morgan fingerprint density at radius 3 is 2.50 bits per heavy atom. The molecule has 1 unspecified atom stereocenters. The lowest BCUT2D eigenvalue weighted by atomic mass is 10.1. The van der Waals surface area contributed by atoms with E-state index in [1.165, 1.54) is 0 Å². The average molecular weight is 515 g/mol. The van der Waals surface area contributed by atoms with Gasteiger partial charge in [-0.25, -0.2) is 0 Å². The van der Waals surface area contributed by atoms with E-state index in [2.05, 4.69) is 11.2 Å². The zero-order valence-corrected chi connectivity index (χ0v) is 21.9. The Hall–Kier alpha value is -4.28. The van der Waals surface area contributed by atoms with Crippen molar-refractivity contribution in [2.45, 2.75) is 32.4 Å². The first-order chi connectivity index (χ1) is 18.5. The Balaban J connectivity index is 1.63. The fourth-order valence-corrected chi connectivity index (χ4v) is 4.03. The van der Waals surface area contributed by atoms with Crippen molar-refractivity contribution in [3.05, 3.63) is 95.1 Å². The number of hydrogen-bond acceptors (Lipinski definition) is 5. The van der Waals surface area contributed by atoms with Crippen molar-refractivity contribution in [3.8, 4) is 23.8 Å². The van der Waals surface area contributed by atoms with Crippen LogP contribution in [0, 0.1) is 12.3 Å². The maximum atomic E-state index is 13.3. The number of hydrogen-bond donors (Lipinski definition) is 2. The molecule has 0 aliphatic rings. The van der Waals surface area contributed by atoms with Crippen molar-refractivity contribution in [2.75, 3.05) is 26.8 Å². The van der Waals surface area contributed by atoms with Crippen molar-refractivity contribution in [2.24, 2.45) is 0 Å². The molecule has 1 atom stereocenters. The summed E-state index contributed by atoms with van der Waals surface area (Å²) in [5.41, 5.74) is 2.58. The van der Waals surface area contributed by atoms with Gasteiger partial charge in [0.05, 0.1) is 19.2 Å². The molecule has 0 aliphatic heterocycles. The molecule has 0 heterocycles. The second-order valence-electron chi connectivity index (χ2n) is 8.79. The van der Waals surface area contributed by atoms with E-state index >= 15 is 0 Å². The van der Waals surface area contributed by atoms with Crippen LogP contribution in [0.5, 0.6) is 11.5 Å². The lowest BCUT2D eigenvalue weighted by Crippen LogP contribution is -2.40. The number of ether oxygens (including phenoxy) is 2. The molecular weight excluding hydrogens is 480 g/mol. The van der Waals surface area contributed by atoms with Crippen LogP contribution in [0.3, 0.4) is 0 Å². The van der Waals surface area contributed by atoms with Gasteiger partial charge in [0, 0.05) is 30.6 Å². The molecule has 0 bridgehead atoms. The highest BCUT2D eigenvalue weighted by Crippen LogP contribution is 2.22. The standard InChI is InChI=1S/C31H34N2O5/c1-4-11-24-19-25(16-17-28(24)37-3)31(36)33(18-5-2)21-26(34)22-38-29-15-10-9-14-27(29)30(35)32-20-23-12-7-6-8-13-23/h1,6-10,12-17,19,26,34H,5,11,18,20-22H2,2-3H3,(H,32,35). The lowest BCUT2D eigenvalue weighted by molar-refractivity contribution is 0.0499. The van der Waals surface area contributed by atoms with E-state index in [0.717, 1.165) is 17.5 Å². The fraction of sp³-hybridized carbons (Fsp3) is 0.290. The van der Waals surface area contributed by atoms with E-state index in [-0.39, 0.29) is 25.0 Å². The molecule has 2 N–H and O–H groups in total. The quantitative estimate of drug-likeness (QED) is 0.336. The van der Waals surface area contributed by atoms with E-state index in [9.17, 15) is 14.7 Å². The molecule has 0 aromatic heterocycles. The van der Waals surface area contributed by atoms with Gasteiger partial charge in [0.2, 0.25) is 0 Å². The normalized spacial score (nSPS) is 11.2. The van der Waals surface area contributed by atoms with Crippen LogP contribution in [0.4, 0.5) is 0 Å². The third-order valence-corrected chi connectivity index (χ3v) is 5.89. The number of nitrogens with zero attached hydrogens (tertiary/aromatic N) is 1. The van der Waals surface area contributed by atoms with Gasteiger partial charge in [0.15, 0.2) is 0 Å². The highest BCUT2D eigenvalue weighted by Gasteiger charge is 2.21. The highest BCUT2D eigenvalue weighted by molar-refractivity contribution is 5.97. The molecule has 38 heavy (non-hydrogen) atoms. The Labute approximate surface area is 224 Å². The van der Waals surface area contributed by atoms with Crippen molar-refractivity contribution in [1.29, 1.82) is 0 Å². The summed E-state index contributed by atoms with van der Waals surface area (Å²) < 4.78 is 11.2. The Kier molecular flexibility index (Phi) is 10.8. The minimum atomic E-state index is -0.964. The van der Waals surface area contributed by atoms with Crippen molar-refractivity contribution in [1.82, 2.24) is 10.2 Å². The number of aliphatic hydroxyl groups excluding tert-OH is 1. The topological polar surface area (TPSA) is 88.1 Å². The van der Waals surface area contributed by atoms with Crippen molar-refractivity contribution < 1.29 is 24.2 Å². The molecule has 198 valence electrons. The second-order valence-corrected chi connectivity index (χ2v) is 8.79. The van der Waals surface area contributed by atoms with Crippen LogP contribution < -0.4 is 14.8 Å². The highest BCUT2D eigenvalue weighted by atomic mass is 16.5. The average Bonchev–Trinajstić information content (AvgIpc) is 2.95. The maximum absolute atomic E-state index is 13.3. The molecule has 3 aromatic carbocycles. The lowest BCUT2D eigenvalue weighted by Gasteiger charge is -2.25. The number of carbonyl (C=O) groups is 2. The largest absolute Gasteiger partial charge is 0.496 e. The van der Waals surface area contributed by atoms with E-state index in [4.69, 9.17) is 15.9 Å². The minimum absolute atomic E-state index is 0.0749. The molecule has 0 saturated heterocycles. The summed E-state index contributed by atoms with van der Waals surface area (Å²) in [6.45, 7) is 2.81. The summed E-state index contributed by atoms with van der Waals surface area (Å²) in [6, 6.07) is 21.6. The third-order valence-electron chi connectivity index (χ3n) is 5.89. The van der Waals surface area contributed by atoms with Gasteiger partial charge in [-0.2, -0.15) is 0 Å². The second kappa shape index (κ2) is 14.5. The number of benzene rings is 3. The number of nitrogens with one attached hydrogen (secondary N) is 1. The Bertz CT molecular complexity index is 1250. The molecule has 3 rings (SSSR count). The first kappa shape index (κ1) is 28.3. The zero-order valence-electron chi connectivity index (χ0n) is 21.9. The van der Waals surface area contributed by atoms with Crippen molar-refractivity contribution >= 4 is 11.8 Å². The minimum Gasteiger partial charge on any atom is -0.496 e. The van der Waals surface area contributed by atoms with Gasteiger partial charge >= 0.3 is 0 Å². The molecule has 0 fully saturated rings. The number of aliphatic hydroxyl groups is 1. The summed E-state index contributed by atoms with van der Waals surface area (Å²) in [5, 5.41) is 13.6. The first-order valence-corrected chi connectivity index (χ1v) is 12.6. The SMILES string of the molecule is C#CCc1cc(C(=O)N(CCC)CC(O)COc2ccccc2C(=O)NCc2ccccc2)ccc1OC. The number of terminal acetylenes is 1. The van der Waals surface area contributed by atoms with Crippen molar-refractivity contribution in [3.63, 3.8) is 0 Å². The van der Waals surface area contributed by atoms with E-state index in [1.54, 1.807) is 54.5 Å².